The summed E-state index contributed by atoms with van der Waals surface area (Å²) >= 11 is 0. The Morgan fingerprint density at radius 1 is 1.17 bits per heavy atom. The van der Waals surface area contributed by atoms with E-state index in [0.717, 1.165) is 0 Å². The second kappa shape index (κ2) is 6.95. The van der Waals surface area contributed by atoms with Gasteiger partial charge in [0, 0.05) is 5.56 Å². The zero-order chi connectivity index (χ0) is 16.9. The summed E-state index contributed by atoms with van der Waals surface area (Å²) in [6.07, 6.45) is 0.0671. The topological polar surface area (TPSA) is 71.0 Å². The SMILES string of the molecule is CCOc1ccc(C(=O)NC2=NN(c3ccccc3)C(=O)C2)cc1. The summed E-state index contributed by atoms with van der Waals surface area (Å²) in [5, 5.41) is 8.18. The molecule has 0 aliphatic carbocycles. The van der Waals surface area contributed by atoms with Gasteiger partial charge >= 0.3 is 0 Å². The van der Waals surface area contributed by atoms with Crippen molar-refractivity contribution in [1.29, 1.82) is 0 Å². The molecule has 0 saturated heterocycles. The van der Waals surface area contributed by atoms with Crippen LogP contribution in [0.3, 0.4) is 0 Å². The van der Waals surface area contributed by atoms with E-state index in [4.69, 9.17) is 4.74 Å². The highest BCUT2D eigenvalue weighted by Crippen LogP contribution is 2.19. The molecule has 1 N–H and O–H groups in total. The van der Waals surface area contributed by atoms with Crippen molar-refractivity contribution in [2.24, 2.45) is 5.10 Å². The molecule has 6 nitrogen and oxygen atoms in total. The van der Waals surface area contributed by atoms with E-state index in [1.807, 2.05) is 25.1 Å². The Morgan fingerprint density at radius 2 is 1.88 bits per heavy atom. The number of rotatable bonds is 4. The molecule has 122 valence electrons. The number of hydrogen-bond donors (Lipinski definition) is 1. The molecule has 0 saturated carbocycles. The van der Waals surface area contributed by atoms with Crippen molar-refractivity contribution in [3.63, 3.8) is 0 Å². The lowest BCUT2D eigenvalue weighted by molar-refractivity contribution is -0.116. The molecular formula is C18H17N3O3. The van der Waals surface area contributed by atoms with E-state index >= 15 is 0 Å². The van der Waals surface area contributed by atoms with E-state index < -0.39 is 0 Å². The summed E-state index contributed by atoms with van der Waals surface area (Å²) in [6, 6.07) is 15.9. The number of hydrogen-bond acceptors (Lipinski definition) is 4. The number of nitrogens with one attached hydrogen (secondary N) is 1. The first kappa shape index (κ1) is 15.7. The van der Waals surface area contributed by atoms with Gasteiger partial charge < -0.3 is 10.1 Å². The Labute approximate surface area is 139 Å². The van der Waals surface area contributed by atoms with Crippen molar-refractivity contribution < 1.29 is 14.3 Å². The molecule has 0 atom stereocenters. The van der Waals surface area contributed by atoms with Crippen molar-refractivity contribution >= 4 is 23.3 Å². The van der Waals surface area contributed by atoms with Gasteiger partial charge in [-0.2, -0.15) is 10.1 Å². The fourth-order valence-corrected chi connectivity index (χ4v) is 2.34. The van der Waals surface area contributed by atoms with Crippen LogP contribution in [0, 0.1) is 0 Å². The highest BCUT2D eigenvalue weighted by Gasteiger charge is 2.26. The van der Waals surface area contributed by atoms with Gasteiger partial charge in [-0.1, -0.05) is 18.2 Å². The number of anilines is 1. The van der Waals surface area contributed by atoms with Gasteiger partial charge in [0.2, 0.25) is 0 Å². The van der Waals surface area contributed by atoms with Crippen molar-refractivity contribution in [3.8, 4) is 5.75 Å². The highest BCUT2D eigenvalue weighted by molar-refractivity contribution is 6.17. The summed E-state index contributed by atoms with van der Waals surface area (Å²) in [7, 11) is 0. The molecule has 1 heterocycles. The van der Waals surface area contributed by atoms with E-state index in [9.17, 15) is 9.59 Å². The number of carbonyl (C=O) groups excluding carboxylic acids is 2. The lowest BCUT2D eigenvalue weighted by Crippen LogP contribution is -2.29. The third-order valence-electron chi connectivity index (χ3n) is 3.46. The van der Waals surface area contributed by atoms with Crippen molar-refractivity contribution in [2.75, 3.05) is 11.6 Å². The summed E-state index contributed by atoms with van der Waals surface area (Å²) < 4.78 is 5.34. The molecule has 2 aromatic carbocycles. The van der Waals surface area contributed by atoms with Gasteiger partial charge in [-0.25, -0.2) is 0 Å². The van der Waals surface area contributed by atoms with E-state index in [-0.39, 0.29) is 18.2 Å². The van der Waals surface area contributed by atoms with Gasteiger partial charge in [0.05, 0.1) is 18.7 Å². The number of amidine groups is 1. The molecule has 2 amide bonds. The van der Waals surface area contributed by atoms with E-state index in [0.29, 0.717) is 29.4 Å². The minimum Gasteiger partial charge on any atom is -0.494 e. The van der Waals surface area contributed by atoms with Crippen LogP contribution in [0.25, 0.3) is 0 Å². The predicted molar refractivity (Wildman–Crippen MR) is 91.1 cm³/mol. The fourth-order valence-electron chi connectivity index (χ4n) is 2.34. The zero-order valence-corrected chi connectivity index (χ0v) is 13.2. The number of amides is 2. The van der Waals surface area contributed by atoms with Crippen LogP contribution in [0.4, 0.5) is 5.69 Å². The maximum absolute atomic E-state index is 12.3. The summed E-state index contributed by atoms with van der Waals surface area (Å²) in [6.45, 7) is 2.47. The van der Waals surface area contributed by atoms with Crippen LogP contribution in [-0.4, -0.2) is 24.3 Å². The molecule has 24 heavy (non-hydrogen) atoms. The quantitative estimate of drug-likeness (QED) is 0.940. The normalized spacial score (nSPS) is 13.6. The standard InChI is InChI=1S/C18H17N3O3/c1-2-24-15-10-8-13(9-11-15)18(23)19-16-12-17(22)21(20-16)14-6-4-3-5-7-14/h3-11H,2,12H2,1H3,(H,19,20,23). The average Bonchev–Trinajstić information content (AvgIpc) is 2.97. The van der Waals surface area contributed by atoms with E-state index in [1.54, 1.807) is 36.4 Å². The number of carbonyl (C=O) groups is 2. The van der Waals surface area contributed by atoms with E-state index in [1.165, 1.54) is 5.01 Å². The van der Waals surface area contributed by atoms with Crippen LogP contribution in [0.15, 0.2) is 59.7 Å². The number of ether oxygens (including phenoxy) is 1. The maximum Gasteiger partial charge on any atom is 0.256 e. The summed E-state index contributed by atoms with van der Waals surface area (Å²) in [4.78, 5) is 24.3. The first-order valence-electron chi connectivity index (χ1n) is 7.67. The largest absolute Gasteiger partial charge is 0.494 e. The third kappa shape index (κ3) is 3.43. The highest BCUT2D eigenvalue weighted by atomic mass is 16.5. The van der Waals surface area contributed by atoms with Crippen molar-refractivity contribution in [2.45, 2.75) is 13.3 Å². The Balaban J connectivity index is 1.69. The third-order valence-corrected chi connectivity index (χ3v) is 3.46. The molecule has 0 radical (unpaired) electrons. The van der Waals surface area contributed by atoms with Gasteiger partial charge in [-0.05, 0) is 43.3 Å². The van der Waals surface area contributed by atoms with Crippen LogP contribution in [-0.2, 0) is 4.79 Å². The zero-order valence-electron chi connectivity index (χ0n) is 13.2. The Bertz CT molecular complexity index is 770. The monoisotopic (exact) mass is 323 g/mol. The van der Waals surface area contributed by atoms with Gasteiger partial charge in [0.1, 0.15) is 11.6 Å². The minimum absolute atomic E-state index is 0.0671. The first-order chi connectivity index (χ1) is 11.7. The van der Waals surface area contributed by atoms with Gasteiger partial charge in [0.25, 0.3) is 11.8 Å². The molecule has 1 aliphatic rings. The molecule has 1 aliphatic heterocycles. The first-order valence-corrected chi connectivity index (χ1v) is 7.67. The van der Waals surface area contributed by atoms with Crippen LogP contribution in [0.5, 0.6) is 5.75 Å². The van der Waals surface area contributed by atoms with Crippen LogP contribution < -0.4 is 15.1 Å². The van der Waals surface area contributed by atoms with E-state index in [2.05, 4.69) is 10.4 Å². The van der Waals surface area contributed by atoms with Gasteiger partial charge in [-0.15, -0.1) is 0 Å². The lowest BCUT2D eigenvalue weighted by Gasteiger charge is -2.10. The maximum atomic E-state index is 12.3. The second-order valence-electron chi connectivity index (χ2n) is 5.18. The number of nitrogens with zero attached hydrogens (tertiary/aromatic N) is 2. The lowest BCUT2D eigenvalue weighted by atomic mass is 10.2. The molecule has 0 bridgehead atoms. The molecule has 0 aromatic heterocycles. The summed E-state index contributed by atoms with van der Waals surface area (Å²) in [5.41, 5.74) is 1.15. The van der Waals surface area contributed by atoms with Crippen molar-refractivity contribution in [3.05, 3.63) is 60.2 Å². The smallest absolute Gasteiger partial charge is 0.256 e. The van der Waals surface area contributed by atoms with Crippen molar-refractivity contribution in [1.82, 2.24) is 5.32 Å². The molecule has 2 aromatic rings. The predicted octanol–water partition coefficient (Wildman–Crippen LogP) is 2.57. The molecule has 0 fully saturated rings. The molecular weight excluding hydrogens is 306 g/mol. The number of hydrazone groups is 1. The molecule has 0 spiro atoms. The average molecular weight is 323 g/mol. The Hall–Kier alpha value is -3.15. The molecule has 3 rings (SSSR count). The van der Waals surface area contributed by atoms with Crippen LogP contribution in [0.1, 0.15) is 23.7 Å². The minimum atomic E-state index is -0.306. The summed E-state index contributed by atoms with van der Waals surface area (Å²) in [5.74, 6) is 0.558. The number of para-hydroxylation sites is 1. The fraction of sp³-hybridized carbons (Fsp3) is 0.167. The van der Waals surface area contributed by atoms with Gasteiger partial charge in [-0.3, -0.25) is 9.59 Å². The Morgan fingerprint density at radius 3 is 2.54 bits per heavy atom. The Kier molecular flexibility index (Phi) is 4.56. The molecule has 0 unspecified atom stereocenters. The van der Waals surface area contributed by atoms with Crippen LogP contribution >= 0.6 is 0 Å². The van der Waals surface area contributed by atoms with Crippen LogP contribution in [0.2, 0.25) is 0 Å². The second-order valence-corrected chi connectivity index (χ2v) is 5.18. The molecule has 6 heteroatoms. The number of benzene rings is 2. The van der Waals surface area contributed by atoms with Gasteiger partial charge in [0.15, 0.2) is 0 Å².